The Bertz CT molecular complexity index is 902. The van der Waals surface area contributed by atoms with Gasteiger partial charge in [0.2, 0.25) is 11.8 Å². The highest BCUT2D eigenvalue weighted by atomic mass is 16.3. The summed E-state index contributed by atoms with van der Waals surface area (Å²) in [6.45, 7) is 4.41. The Morgan fingerprint density at radius 1 is 1.31 bits per heavy atom. The quantitative estimate of drug-likeness (QED) is 0.755. The summed E-state index contributed by atoms with van der Waals surface area (Å²) in [5, 5.41) is 13.2. The van der Waals surface area contributed by atoms with Crippen LogP contribution >= 0.6 is 0 Å². The Kier molecular flexibility index (Phi) is 5.34. The summed E-state index contributed by atoms with van der Waals surface area (Å²) in [5.41, 5.74) is 1.15. The maximum absolute atomic E-state index is 13.2. The third-order valence-electron chi connectivity index (χ3n) is 6.57. The van der Waals surface area contributed by atoms with Gasteiger partial charge in [-0.2, -0.15) is 0 Å². The van der Waals surface area contributed by atoms with Crippen molar-refractivity contribution in [1.29, 1.82) is 0 Å². The Morgan fingerprint density at radius 3 is 2.69 bits per heavy atom. The predicted octanol–water partition coefficient (Wildman–Crippen LogP) is 1.31. The number of aliphatic hydroxyl groups is 1. The molecular formula is C22H29N3O4. The molecule has 2 amide bonds. The number of allylic oxidation sites excluding steroid dienone is 1. The van der Waals surface area contributed by atoms with Gasteiger partial charge in [-0.05, 0) is 37.8 Å². The van der Waals surface area contributed by atoms with Crippen LogP contribution in [0.3, 0.4) is 0 Å². The van der Waals surface area contributed by atoms with Gasteiger partial charge in [0.1, 0.15) is 0 Å². The van der Waals surface area contributed by atoms with Gasteiger partial charge in [-0.15, -0.1) is 0 Å². The van der Waals surface area contributed by atoms with E-state index in [0.717, 1.165) is 12.8 Å². The van der Waals surface area contributed by atoms with Crippen LogP contribution in [-0.2, 0) is 16.1 Å². The maximum Gasteiger partial charge on any atom is 0.258 e. The van der Waals surface area contributed by atoms with Crippen LogP contribution in [0, 0.1) is 17.8 Å². The molecule has 0 aromatic carbocycles. The number of nitrogens with one attached hydrogen (secondary N) is 1. The molecule has 3 heterocycles. The van der Waals surface area contributed by atoms with E-state index in [1.807, 2.05) is 19.1 Å². The van der Waals surface area contributed by atoms with Crippen LogP contribution < -0.4 is 10.9 Å². The Morgan fingerprint density at radius 2 is 2.07 bits per heavy atom. The lowest BCUT2D eigenvalue weighted by Crippen LogP contribution is -2.49. The molecule has 4 atom stereocenters. The van der Waals surface area contributed by atoms with E-state index in [1.165, 1.54) is 0 Å². The van der Waals surface area contributed by atoms with Crippen LogP contribution in [-0.4, -0.2) is 45.6 Å². The zero-order valence-corrected chi connectivity index (χ0v) is 17.0. The van der Waals surface area contributed by atoms with Gasteiger partial charge in [0.05, 0.1) is 18.0 Å². The molecule has 7 heteroatoms. The molecule has 2 fully saturated rings. The summed E-state index contributed by atoms with van der Waals surface area (Å²) in [4.78, 5) is 40.7. The summed E-state index contributed by atoms with van der Waals surface area (Å²) >= 11 is 0. The van der Waals surface area contributed by atoms with Crippen LogP contribution in [0.5, 0.6) is 0 Å². The van der Waals surface area contributed by atoms with Crippen molar-refractivity contribution in [3.8, 4) is 0 Å². The highest BCUT2D eigenvalue weighted by Gasteiger charge is 2.57. The van der Waals surface area contributed by atoms with E-state index in [1.54, 1.807) is 28.5 Å². The largest absolute Gasteiger partial charge is 0.396 e. The number of fused-ring (bicyclic) bond motifs is 4. The third kappa shape index (κ3) is 3.31. The van der Waals surface area contributed by atoms with Crippen molar-refractivity contribution in [2.24, 2.45) is 17.8 Å². The lowest BCUT2D eigenvalue weighted by molar-refractivity contribution is -0.136. The Balaban J connectivity index is 1.78. The first-order chi connectivity index (χ1) is 14.0. The van der Waals surface area contributed by atoms with Crippen LogP contribution in [0.4, 0.5) is 0 Å². The second kappa shape index (κ2) is 7.78. The summed E-state index contributed by atoms with van der Waals surface area (Å²) in [5.74, 6) is -0.582. The molecule has 1 aliphatic carbocycles. The number of aliphatic hydroxyl groups excluding tert-OH is 1. The Labute approximate surface area is 170 Å². The molecule has 2 N–H and O–H groups in total. The van der Waals surface area contributed by atoms with Gasteiger partial charge in [0.25, 0.3) is 5.56 Å². The molecule has 0 unspecified atom stereocenters. The van der Waals surface area contributed by atoms with Gasteiger partial charge in [-0.3, -0.25) is 14.4 Å². The molecule has 1 aromatic heterocycles. The third-order valence-corrected chi connectivity index (χ3v) is 6.57. The molecule has 4 rings (SSSR count). The first-order valence-electron chi connectivity index (χ1n) is 10.6. The average molecular weight is 399 g/mol. The van der Waals surface area contributed by atoms with Crippen molar-refractivity contribution in [2.75, 3.05) is 13.2 Å². The van der Waals surface area contributed by atoms with Crippen molar-refractivity contribution in [2.45, 2.75) is 51.7 Å². The van der Waals surface area contributed by atoms with E-state index in [9.17, 15) is 19.5 Å². The van der Waals surface area contributed by atoms with E-state index < -0.39 is 12.0 Å². The Hall–Kier alpha value is -2.41. The SMILES string of the molecule is C/C=C/c1ccc2n(c1=O)C[C@H]1[C@H](CO)[C@@H](C(=O)NCC3CC3)[C@@H]2N1C(=O)CC. The number of pyridine rings is 1. The monoisotopic (exact) mass is 399 g/mol. The van der Waals surface area contributed by atoms with Crippen molar-refractivity contribution in [1.82, 2.24) is 14.8 Å². The minimum absolute atomic E-state index is 0.0489. The first-order valence-corrected chi connectivity index (χ1v) is 10.6. The molecule has 1 saturated heterocycles. The number of hydrogen-bond donors (Lipinski definition) is 2. The molecule has 0 radical (unpaired) electrons. The van der Waals surface area contributed by atoms with Gasteiger partial charge in [0.15, 0.2) is 0 Å². The topological polar surface area (TPSA) is 91.6 Å². The minimum atomic E-state index is -0.556. The first kappa shape index (κ1) is 19.9. The van der Waals surface area contributed by atoms with Crippen LogP contribution in [0.15, 0.2) is 23.0 Å². The fourth-order valence-corrected chi connectivity index (χ4v) is 4.94. The van der Waals surface area contributed by atoms with Crippen molar-refractivity contribution in [3.05, 3.63) is 39.8 Å². The summed E-state index contributed by atoms with van der Waals surface area (Å²) < 4.78 is 1.70. The molecule has 1 saturated carbocycles. The molecule has 7 nitrogen and oxygen atoms in total. The highest BCUT2D eigenvalue weighted by molar-refractivity contribution is 5.84. The molecule has 156 valence electrons. The normalized spacial score (nSPS) is 27.9. The van der Waals surface area contributed by atoms with E-state index in [2.05, 4.69) is 5.32 Å². The van der Waals surface area contributed by atoms with Crippen LogP contribution in [0.2, 0.25) is 0 Å². The van der Waals surface area contributed by atoms with Crippen LogP contribution in [0.25, 0.3) is 6.08 Å². The average Bonchev–Trinajstić information content (AvgIpc) is 3.52. The fourth-order valence-electron chi connectivity index (χ4n) is 4.94. The summed E-state index contributed by atoms with van der Waals surface area (Å²) in [6.07, 6.45) is 6.17. The molecule has 3 aliphatic rings. The summed E-state index contributed by atoms with van der Waals surface area (Å²) in [6, 6.07) is 2.73. The lowest BCUT2D eigenvalue weighted by atomic mass is 9.86. The van der Waals surface area contributed by atoms with Gasteiger partial charge < -0.3 is 19.9 Å². The molecule has 2 aliphatic heterocycles. The van der Waals surface area contributed by atoms with E-state index >= 15 is 0 Å². The zero-order valence-electron chi connectivity index (χ0n) is 17.0. The van der Waals surface area contributed by atoms with Crippen molar-refractivity contribution >= 4 is 17.9 Å². The van der Waals surface area contributed by atoms with Crippen LogP contribution in [0.1, 0.15) is 50.4 Å². The number of carbonyl (C=O) groups excluding carboxylic acids is 2. The second-order valence-electron chi connectivity index (χ2n) is 8.36. The van der Waals surface area contributed by atoms with E-state index in [0.29, 0.717) is 36.7 Å². The van der Waals surface area contributed by atoms with Crippen molar-refractivity contribution in [3.63, 3.8) is 0 Å². The zero-order chi connectivity index (χ0) is 20.7. The molecule has 1 aromatic rings. The van der Waals surface area contributed by atoms with Gasteiger partial charge >= 0.3 is 0 Å². The van der Waals surface area contributed by atoms with E-state index in [4.69, 9.17) is 0 Å². The molecule has 29 heavy (non-hydrogen) atoms. The highest BCUT2D eigenvalue weighted by Crippen LogP contribution is 2.48. The van der Waals surface area contributed by atoms with Crippen molar-refractivity contribution < 1.29 is 14.7 Å². The minimum Gasteiger partial charge on any atom is -0.396 e. The van der Waals surface area contributed by atoms with Gasteiger partial charge in [-0.25, -0.2) is 0 Å². The van der Waals surface area contributed by atoms with E-state index in [-0.39, 0.29) is 35.9 Å². The number of hydrogen-bond acceptors (Lipinski definition) is 4. The molecular weight excluding hydrogens is 370 g/mol. The van der Waals surface area contributed by atoms with Gasteiger partial charge in [0, 0.05) is 43.3 Å². The lowest BCUT2D eigenvalue weighted by Gasteiger charge is -2.38. The number of amides is 2. The predicted molar refractivity (Wildman–Crippen MR) is 109 cm³/mol. The standard InChI is InChI=1S/C22H29N3O4/c1-3-5-14-8-9-16-20-19(21(28)23-10-13-6-7-13)15(12-26)17(11-24(16)22(14)29)25(20)18(27)4-2/h3,5,8-9,13,15,17,19-20,26H,4,6-7,10-12H2,1-2H3,(H,23,28)/b5-3+/t15-,17-,19+,20+/m0/s1. The number of nitrogens with zero attached hydrogens (tertiary/aromatic N) is 2. The number of carbonyl (C=O) groups is 2. The molecule has 2 bridgehead atoms. The maximum atomic E-state index is 13.2. The summed E-state index contributed by atoms with van der Waals surface area (Å²) in [7, 11) is 0. The smallest absolute Gasteiger partial charge is 0.258 e. The second-order valence-corrected chi connectivity index (χ2v) is 8.36. The molecule has 0 spiro atoms. The number of aromatic nitrogens is 1. The number of rotatable bonds is 6. The van der Waals surface area contributed by atoms with Gasteiger partial charge in [-0.1, -0.05) is 19.1 Å². The fraction of sp³-hybridized carbons (Fsp3) is 0.591.